The Bertz CT molecular complexity index is 765. The number of carbonyl (C=O) groups excluding carboxylic acids is 1. The molecule has 2 heterocycles. The molecule has 1 fully saturated rings. The molecule has 2 aromatic heterocycles. The molecule has 1 saturated carbocycles. The van der Waals surface area contributed by atoms with E-state index in [0.717, 1.165) is 60.2 Å². The summed E-state index contributed by atoms with van der Waals surface area (Å²) in [5, 5.41) is 0.993. The molecule has 0 unspecified atom stereocenters. The van der Waals surface area contributed by atoms with Crippen LogP contribution in [0, 0.1) is 5.92 Å². The molecule has 134 valence electrons. The second-order valence-electron chi connectivity index (χ2n) is 7.60. The van der Waals surface area contributed by atoms with Crippen molar-refractivity contribution in [2.24, 2.45) is 5.92 Å². The number of fused-ring (bicyclic) bond motifs is 3. The lowest BCUT2D eigenvalue weighted by Gasteiger charge is -2.30. The lowest BCUT2D eigenvalue weighted by Crippen LogP contribution is -2.30. The quantitative estimate of drug-likeness (QED) is 0.766. The molecule has 6 heteroatoms. The van der Waals surface area contributed by atoms with E-state index in [0.29, 0.717) is 5.88 Å². The second-order valence-corrected chi connectivity index (χ2v) is 8.69. The van der Waals surface area contributed by atoms with E-state index < -0.39 is 0 Å². The highest BCUT2D eigenvalue weighted by Gasteiger charge is 2.31. The monoisotopic (exact) mass is 359 g/mol. The fourth-order valence-electron chi connectivity index (χ4n) is 4.31. The summed E-state index contributed by atoms with van der Waals surface area (Å²) in [7, 11) is 4.28. The molecule has 1 atom stereocenters. The topological polar surface area (TPSA) is 55.3 Å². The number of ether oxygens (including phenoxy) is 1. The van der Waals surface area contributed by atoms with E-state index in [-0.39, 0.29) is 12.0 Å². The van der Waals surface area contributed by atoms with Gasteiger partial charge in [-0.25, -0.2) is 9.97 Å². The molecule has 0 radical (unpaired) electrons. The first-order valence-electron chi connectivity index (χ1n) is 9.18. The fourth-order valence-corrected chi connectivity index (χ4v) is 5.53. The van der Waals surface area contributed by atoms with Crippen molar-refractivity contribution in [3.63, 3.8) is 0 Å². The minimum Gasteiger partial charge on any atom is -0.474 e. The van der Waals surface area contributed by atoms with Crippen LogP contribution in [-0.4, -0.2) is 47.9 Å². The van der Waals surface area contributed by atoms with Crippen LogP contribution in [0.15, 0.2) is 6.33 Å². The van der Waals surface area contributed by atoms with Crippen LogP contribution in [0.3, 0.4) is 0 Å². The van der Waals surface area contributed by atoms with E-state index in [4.69, 9.17) is 4.74 Å². The van der Waals surface area contributed by atoms with E-state index in [1.54, 1.807) is 17.7 Å². The molecule has 0 aromatic carbocycles. The van der Waals surface area contributed by atoms with E-state index in [9.17, 15) is 4.79 Å². The molecule has 5 nitrogen and oxygen atoms in total. The number of aryl methyl sites for hydroxylation is 1. The summed E-state index contributed by atoms with van der Waals surface area (Å²) in [4.78, 5) is 24.8. The van der Waals surface area contributed by atoms with E-state index in [1.165, 1.54) is 17.7 Å². The number of hydrogen-bond acceptors (Lipinski definition) is 6. The summed E-state index contributed by atoms with van der Waals surface area (Å²) in [6.07, 6.45) is 9.33. The van der Waals surface area contributed by atoms with Gasteiger partial charge in [-0.15, -0.1) is 11.3 Å². The van der Waals surface area contributed by atoms with Crippen LogP contribution in [0.2, 0.25) is 0 Å². The van der Waals surface area contributed by atoms with Gasteiger partial charge in [-0.1, -0.05) is 0 Å². The zero-order chi connectivity index (χ0) is 17.4. The lowest BCUT2D eigenvalue weighted by molar-refractivity contribution is -0.109. The normalized spacial score (nSPS) is 26.1. The average Bonchev–Trinajstić information content (AvgIpc) is 3.15. The largest absolute Gasteiger partial charge is 0.474 e. The Kier molecular flexibility index (Phi) is 4.73. The maximum Gasteiger partial charge on any atom is 0.225 e. The van der Waals surface area contributed by atoms with Gasteiger partial charge in [0.2, 0.25) is 5.88 Å². The van der Waals surface area contributed by atoms with Gasteiger partial charge in [-0.3, -0.25) is 0 Å². The van der Waals surface area contributed by atoms with Gasteiger partial charge in [0.05, 0.1) is 5.39 Å². The van der Waals surface area contributed by atoms with Crippen molar-refractivity contribution in [1.82, 2.24) is 14.9 Å². The van der Waals surface area contributed by atoms with Gasteiger partial charge in [-0.05, 0) is 64.1 Å². The van der Waals surface area contributed by atoms with Crippen LogP contribution >= 0.6 is 11.3 Å². The fraction of sp³-hybridized carbons (Fsp3) is 0.632. The molecular weight excluding hydrogens is 334 g/mol. The van der Waals surface area contributed by atoms with Crippen LogP contribution in [-0.2, 0) is 11.2 Å². The Morgan fingerprint density at radius 2 is 2.04 bits per heavy atom. The van der Waals surface area contributed by atoms with Crippen molar-refractivity contribution in [2.75, 3.05) is 20.6 Å². The van der Waals surface area contributed by atoms with Gasteiger partial charge in [0.1, 0.15) is 23.5 Å². The minimum absolute atomic E-state index is 0.0204. The third kappa shape index (κ3) is 3.29. The van der Waals surface area contributed by atoms with Crippen molar-refractivity contribution < 1.29 is 9.53 Å². The van der Waals surface area contributed by atoms with Crippen LogP contribution in [0.5, 0.6) is 5.88 Å². The van der Waals surface area contributed by atoms with Crippen molar-refractivity contribution >= 4 is 27.8 Å². The standard InChI is InChI=1S/C19H25N3O2S/c1-22(2)9-12-3-6-14(7-4-12)24-18-17-16-13(10-23)5-8-15(16)25-19(17)21-11-20-18/h10-14H,3-9H2,1-2H3/t12?,13-,14?/m1/s1. The predicted octanol–water partition coefficient (Wildman–Crippen LogP) is 3.42. The van der Waals surface area contributed by atoms with Crippen molar-refractivity contribution in [1.29, 1.82) is 0 Å². The first-order valence-corrected chi connectivity index (χ1v) is 10.00. The number of aromatic nitrogens is 2. The molecule has 2 aromatic rings. The molecule has 25 heavy (non-hydrogen) atoms. The smallest absolute Gasteiger partial charge is 0.225 e. The lowest BCUT2D eigenvalue weighted by atomic mass is 9.87. The third-order valence-electron chi connectivity index (χ3n) is 5.48. The first-order chi connectivity index (χ1) is 12.2. The third-order valence-corrected chi connectivity index (χ3v) is 6.65. The van der Waals surface area contributed by atoms with Gasteiger partial charge >= 0.3 is 0 Å². The number of aldehydes is 1. The number of thiophene rings is 1. The Labute approximate surface area is 152 Å². The molecule has 0 N–H and O–H groups in total. The van der Waals surface area contributed by atoms with Gasteiger partial charge < -0.3 is 14.4 Å². The highest BCUT2D eigenvalue weighted by molar-refractivity contribution is 7.19. The number of hydrogen-bond donors (Lipinski definition) is 0. The zero-order valence-corrected chi connectivity index (χ0v) is 15.7. The second kappa shape index (κ2) is 7.00. The Morgan fingerprint density at radius 1 is 1.24 bits per heavy atom. The number of nitrogens with zero attached hydrogens (tertiary/aromatic N) is 3. The van der Waals surface area contributed by atoms with E-state index in [2.05, 4.69) is 29.0 Å². The van der Waals surface area contributed by atoms with Crippen LogP contribution in [0.25, 0.3) is 10.2 Å². The molecular formula is C19H25N3O2S. The molecule has 0 bridgehead atoms. The molecule has 0 amide bonds. The van der Waals surface area contributed by atoms with Crippen LogP contribution in [0.1, 0.15) is 48.5 Å². The van der Waals surface area contributed by atoms with Gasteiger partial charge in [0, 0.05) is 17.3 Å². The van der Waals surface area contributed by atoms with Gasteiger partial charge in [-0.2, -0.15) is 0 Å². The van der Waals surface area contributed by atoms with Crippen molar-refractivity contribution in [2.45, 2.75) is 50.5 Å². The van der Waals surface area contributed by atoms with Gasteiger partial charge in [0.15, 0.2) is 0 Å². The molecule has 0 aliphatic heterocycles. The number of rotatable bonds is 5. The Balaban J connectivity index is 1.54. The maximum absolute atomic E-state index is 11.5. The summed E-state index contributed by atoms with van der Waals surface area (Å²) < 4.78 is 6.32. The SMILES string of the molecule is CN(C)CC1CCC(Oc2ncnc3sc4c(c23)[C@@H](C=O)CC4)CC1. The molecule has 2 aliphatic carbocycles. The van der Waals surface area contributed by atoms with Crippen LogP contribution in [0.4, 0.5) is 0 Å². The van der Waals surface area contributed by atoms with Gasteiger partial charge in [0.25, 0.3) is 0 Å². The van der Waals surface area contributed by atoms with E-state index >= 15 is 0 Å². The van der Waals surface area contributed by atoms with Crippen LogP contribution < -0.4 is 4.74 Å². The molecule has 2 aliphatic rings. The zero-order valence-electron chi connectivity index (χ0n) is 14.9. The first kappa shape index (κ1) is 16.9. The maximum atomic E-state index is 11.5. The molecule has 4 rings (SSSR count). The Hall–Kier alpha value is -1.53. The highest BCUT2D eigenvalue weighted by Crippen LogP contribution is 2.45. The summed E-state index contributed by atoms with van der Waals surface area (Å²) in [6, 6.07) is 0. The van der Waals surface area contributed by atoms with Crippen molar-refractivity contribution in [3.05, 3.63) is 16.8 Å². The summed E-state index contributed by atoms with van der Waals surface area (Å²) in [6.45, 7) is 1.16. The average molecular weight is 359 g/mol. The Morgan fingerprint density at radius 3 is 2.76 bits per heavy atom. The molecule has 0 spiro atoms. The minimum atomic E-state index is -0.0204. The molecule has 0 saturated heterocycles. The van der Waals surface area contributed by atoms with E-state index in [1.807, 2.05) is 0 Å². The highest BCUT2D eigenvalue weighted by atomic mass is 32.1. The summed E-state index contributed by atoms with van der Waals surface area (Å²) in [5.41, 5.74) is 1.13. The van der Waals surface area contributed by atoms with Crippen molar-refractivity contribution in [3.8, 4) is 5.88 Å². The summed E-state index contributed by atoms with van der Waals surface area (Å²) in [5.74, 6) is 1.44. The summed E-state index contributed by atoms with van der Waals surface area (Å²) >= 11 is 1.69. The predicted molar refractivity (Wildman–Crippen MR) is 99.5 cm³/mol. The number of carbonyl (C=O) groups is 1.